The first-order chi connectivity index (χ1) is 10.1. The van der Waals surface area contributed by atoms with Gasteiger partial charge < -0.3 is 10.6 Å². The van der Waals surface area contributed by atoms with Crippen molar-refractivity contribution in [3.05, 3.63) is 28.2 Å². The van der Waals surface area contributed by atoms with E-state index in [2.05, 4.69) is 44.8 Å². The van der Waals surface area contributed by atoms with Crippen LogP contribution in [0.1, 0.15) is 31.7 Å². The molecule has 2 atom stereocenters. The predicted molar refractivity (Wildman–Crippen MR) is 91.2 cm³/mol. The fraction of sp³-hybridized carbons (Fsp3) is 0.562. The highest BCUT2D eigenvalue weighted by molar-refractivity contribution is 9.10. The molecule has 0 spiro atoms. The van der Waals surface area contributed by atoms with Crippen LogP contribution in [0.25, 0.3) is 0 Å². The van der Waals surface area contributed by atoms with E-state index in [1.807, 2.05) is 6.07 Å². The number of rotatable bonds is 2. The highest BCUT2D eigenvalue weighted by Crippen LogP contribution is 2.30. The van der Waals surface area contributed by atoms with Gasteiger partial charge in [-0.25, -0.2) is 0 Å². The standard InChI is InChI=1S/C16H23BrN4/c1-11-9-20-7-3-2-4-13(20)10-21(11)12-5-6-14(16(18)19)15(17)8-12/h5-6,8,11,13H,2-4,7,9-10H2,1H3,(H3,18,19). The highest BCUT2D eigenvalue weighted by Gasteiger charge is 2.33. The number of nitrogens with one attached hydrogen (secondary N) is 1. The van der Waals surface area contributed by atoms with Crippen LogP contribution < -0.4 is 10.6 Å². The third-order valence-corrected chi connectivity index (χ3v) is 5.42. The number of nitrogen functional groups attached to an aromatic ring is 1. The summed E-state index contributed by atoms with van der Waals surface area (Å²) >= 11 is 3.55. The monoisotopic (exact) mass is 350 g/mol. The number of benzene rings is 1. The van der Waals surface area contributed by atoms with E-state index in [9.17, 15) is 0 Å². The van der Waals surface area contributed by atoms with Crippen molar-refractivity contribution in [3.8, 4) is 0 Å². The summed E-state index contributed by atoms with van der Waals surface area (Å²) in [6.45, 7) is 5.82. The number of fused-ring (bicyclic) bond motifs is 1. The molecule has 0 bridgehead atoms. The lowest BCUT2D eigenvalue weighted by atomic mass is 9.96. The maximum absolute atomic E-state index is 7.58. The topological polar surface area (TPSA) is 56.4 Å². The van der Waals surface area contributed by atoms with Gasteiger partial charge in [0.15, 0.2) is 0 Å². The van der Waals surface area contributed by atoms with Crippen molar-refractivity contribution >= 4 is 27.5 Å². The molecular formula is C16H23BrN4. The zero-order valence-electron chi connectivity index (χ0n) is 12.5. The minimum Gasteiger partial charge on any atom is -0.384 e. The molecule has 0 radical (unpaired) electrons. The molecule has 4 nitrogen and oxygen atoms in total. The van der Waals surface area contributed by atoms with Gasteiger partial charge in [-0.3, -0.25) is 10.3 Å². The molecule has 2 fully saturated rings. The van der Waals surface area contributed by atoms with Crippen LogP contribution in [0.4, 0.5) is 5.69 Å². The normalized spacial score (nSPS) is 26.5. The average molecular weight is 351 g/mol. The zero-order valence-corrected chi connectivity index (χ0v) is 14.1. The van der Waals surface area contributed by atoms with Crippen molar-refractivity contribution < 1.29 is 0 Å². The number of nitrogens with two attached hydrogens (primary N) is 1. The van der Waals surface area contributed by atoms with E-state index in [0.717, 1.165) is 23.1 Å². The van der Waals surface area contributed by atoms with Crippen LogP contribution in [0, 0.1) is 5.41 Å². The third-order valence-electron chi connectivity index (χ3n) is 4.76. The molecule has 2 aliphatic rings. The van der Waals surface area contributed by atoms with Gasteiger partial charge in [-0.05, 0) is 60.4 Å². The predicted octanol–water partition coefficient (Wildman–Crippen LogP) is 2.80. The maximum Gasteiger partial charge on any atom is 0.123 e. The van der Waals surface area contributed by atoms with Crippen molar-refractivity contribution in [2.75, 3.05) is 24.5 Å². The Morgan fingerprint density at radius 3 is 2.86 bits per heavy atom. The van der Waals surface area contributed by atoms with E-state index in [1.165, 1.54) is 31.5 Å². The Morgan fingerprint density at radius 2 is 2.14 bits per heavy atom. The Bertz CT molecular complexity index is 545. The Hall–Kier alpha value is -1.07. The second-order valence-corrected chi connectivity index (χ2v) is 7.08. The molecule has 114 valence electrons. The average Bonchev–Trinajstić information content (AvgIpc) is 2.46. The molecule has 1 aromatic rings. The smallest absolute Gasteiger partial charge is 0.123 e. The molecule has 21 heavy (non-hydrogen) atoms. The first kappa shape index (κ1) is 14.9. The molecule has 3 rings (SSSR count). The van der Waals surface area contributed by atoms with Gasteiger partial charge >= 0.3 is 0 Å². The van der Waals surface area contributed by atoms with Crippen LogP contribution >= 0.6 is 15.9 Å². The fourth-order valence-electron chi connectivity index (χ4n) is 3.61. The Kier molecular flexibility index (Phi) is 4.22. The third kappa shape index (κ3) is 2.94. The van der Waals surface area contributed by atoms with Gasteiger partial charge in [-0.2, -0.15) is 0 Å². The fourth-order valence-corrected chi connectivity index (χ4v) is 4.19. The number of hydrogen-bond donors (Lipinski definition) is 2. The van der Waals surface area contributed by atoms with Crippen molar-refractivity contribution in [1.82, 2.24) is 4.90 Å². The molecule has 2 saturated heterocycles. The molecule has 2 unspecified atom stereocenters. The van der Waals surface area contributed by atoms with Crippen LogP contribution in [0.5, 0.6) is 0 Å². The quantitative estimate of drug-likeness (QED) is 0.636. The van der Waals surface area contributed by atoms with Crippen molar-refractivity contribution in [2.24, 2.45) is 5.73 Å². The lowest BCUT2D eigenvalue weighted by Crippen LogP contribution is -2.58. The summed E-state index contributed by atoms with van der Waals surface area (Å²) < 4.78 is 0.908. The molecule has 0 saturated carbocycles. The summed E-state index contributed by atoms with van der Waals surface area (Å²) in [4.78, 5) is 5.16. The number of amidine groups is 1. The number of hydrogen-bond acceptors (Lipinski definition) is 3. The summed E-state index contributed by atoms with van der Waals surface area (Å²) in [5.74, 6) is 0.110. The second-order valence-electron chi connectivity index (χ2n) is 6.22. The van der Waals surface area contributed by atoms with Gasteiger partial charge in [0, 0.05) is 40.9 Å². The van der Waals surface area contributed by atoms with Crippen LogP contribution in [0.3, 0.4) is 0 Å². The Labute approximate surface area is 134 Å². The first-order valence-corrected chi connectivity index (χ1v) is 8.50. The van der Waals surface area contributed by atoms with Crippen molar-refractivity contribution in [1.29, 1.82) is 5.41 Å². The van der Waals surface area contributed by atoms with Gasteiger partial charge in [0.1, 0.15) is 5.84 Å². The summed E-state index contributed by atoms with van der Waals surface area (Å²) in [7, 11) is 0. The molecule has 2 aliphatic heterocycles. The van der Waals surface area contributed by atoms with Crippen LogP contribution in [-0.4, -0.2) is 42.5 Å². The lowest BCUT2D eigenvalue weighted by molar-refractivity contribution is 0.115. The molecular weight excluding hydrogens is 328 g/mol. The van der Waals surface area contributed by atoms with E-state index in [0.29, 0.717) is 12.1 Å². The van der Waals surface area contributed by atoms with Crippen molar-refractivity contribution in [3.63, 3.8) is 0 Å². The van der Waals surface area contributed by atoms with Gasteiger partial charge in [0.25, 0.3) is 0 Å². The van der Waals surface area contributed by atoms with Crippen LogP contribution in [0.2, 0.25) is 0 Å². The molecule has 5 heteroatoms. The number of halogens is 1. The molecule has 0 aromatic heterocycles. The minimum absolute atomic E-state index is 0.110. The number of anilines is 1. The maximum atomic E-state index is 7.58. The van der Waals surface area contributed by atoms with Crippen molar-refractivity contribution in [2.45, 2.75) is 38.3 Å². The highest BCUT2D eigenvalue weighted by atomic mass is 79.9. The molecule has 3 N–H and O–H groups in total. The van der Waals surface area contributed by atoms with E-state index in [-0.39, 0.29) is 5.84 Å². The van der Waals surface area contributed by atoms with Crippen LogP contribution in [0.15, 0.2) is 22.7 Å². The Morgan fingerprint density at radius 1 is 1.33 bits per heavy atom. The van der Waals surface area contributed by atoms with Gasteiger partial charge in [0.2, 0.25) is 0 Å². The zero-order chi connectivity index (χ0) is 15.0. The summed E-state index contributed by atoms with van der Waals surface area (Å²) in [6, 6.07) is 7.36. The van der Waals surface area contributed by atoms with Gasteiger partial charge in [-0.1, -0.05) is 6.42 Å². The summed E-state index contributed by atoms with van der Waals surface area (Å²) in [5.41, 5.74) is 7.58. The Balaban J connectivity index is 1.82. The molecule has 0 amide bonds. The van der Waals surface area contributed by atoms with E-state index in [1.54, 1.807) is 0 Å². The number of piperazine rings is 1. The number of nitrogens with zero attached hydrogens (tertiary/aromatic N) is 2. The lowest BCUT2D eigenvalue weighted by Gasteiger charge is -2.48. The summed E-state index contributed by atoms with van der Waals surface area (Å²) in [5, 5.41) is 7.58. The molecule has 2 heterocycles. The van der Waals surface area contributed by atoms with E-state index >= 15 is 0 Å². The molecule has 1 aromatic carbocycles. The second kappa shape index (κ2) is 5.97. The van der Waals surface area contributed by atoms with E-state index in [4.69, 9.17) is 11.1 Å². The summed E-state index contributed by atoms with van der Waals surface area (Å²) in [6.07, 6.45) is 4.02. The van der Waals surface area contributed by atoms with Gasteiger partial charge in [0.05, 0.1) is 0 Å². The van der Waals surface area contributed by atoms with Gasteiger partial charge in [-0.15, -0.1) is 0 Å². The first-order valence-electron chi connectivity index (χ1n) is 7.71. The number of piperidine rings is 1. The van der Waals surface area contributed by atoms with Crippen LogP contribution in [-0.2, 0) is 0 Å². The largest absolute Gasteiger partial charge is 0.384 e. The minimum atomic E-state index is 0.110. The SMILES string of the molecule is CC1CN2CCCCC2CN1c1ccc(C(=N)N)c(Br)c1. The molecule has 0 aliphatic carbocycles. The van der Waals surface area contributed by atoms with E-state index < -0.39 is 0 Å².